The summed E-state index contributed by atoms with van der Waals surface area (Å²) in [5.74, 6) is 1.72. The standard InChI is InChI=1S/C23H27N3O5S3/c1-30-16-6-9-18(10-7-16)34(28,29)26-12-4-5-20(26)22(27)24-23-25(13-14-32-3)19-11-8-17(31-2)15-21(19)33-23/h6-11,15,20H,4-5,12-14H2,1-3H3. The van der Waals surface area contributed by atoms with Gasteiger partial charge in [-0.1, -0.05) is 11.3 Å². The lowest BCUT2D eigenvalue weighted by Crippen LogP contribution is -2.40. The number of fused-ring (bicyclic) bond motifs is 1. The van der Waals surface area contributed by atoms with Crippen LogP contribution in [0.1, 0.15) is 12.8 Å². The molecule has 0 bridgehead atoms. The van der Waals surface area contributed by atoms with Crippen molar-refractivity contribution in [2.24, 2.45) is 4.99 Å². The quantitative estimate of drug-likeness (QED) is 0.452. The number of aryl methyl sites for hydroxylation is 1. The van der Waals surface area contributed by atoms with Crippen molar-refractivity contribution in [2.75, 3.05) is 32.8 Å². The Labute approximate surface area is 207 Å². The molecule has 1 unspecified atom stereocenters. The smallest absolute Gasteiger partial charge is 0.266 e. The number of carbonyl (C=O) groups is 1. The number of rotatable bonds is 8. The number of benzene rings is 2. The molecule has 0 N–H and O–H groups in total. The van der Waals surface area contributed by atoms with Crippen molar-refractivity contribution in [3.8, 4) is 11.5 Å². The maximum atomic E-state index is 13.3. The number of methoxy groups -OCH3 is 2. The molecule has 0 saturated carbocycles. The van der Waals surface area contributed by atoms with Crippen molar-refractivity contribution in [1.82, 2.24) is 8.87 Å². The van der Waals surface area contributed by atoms with Crippen LogP contribution in [-0.2, 0) is 21.4 Å². The van der Waals surface area contributed by atoms with E-state index in [2.05, 4.69) is 4.99 Å². The number of hydrogen-bond acceptors (Lipinski definition) is 7. The van der Waals surface area contributed by atoms with Gasteiger partial charge in [0, 0.05) is 18.8 Å². The monoisotopic (exact) mass is 521 g/mol. The van der Waals surface area contributed by atoms with Crippen molar-refractivity contribution in [3.63, 3.8) is 0 Å². The van der Waals surface area contributed by atoms with Crippen LogP contribution in [-0.4, -0.2) is 62.0 Å². The van der Waals surface area contributed by atoms with Crippen LogP contribution >= 0.6 is 23.1 Å². The van der Waals surface area contributed by atoms with Crippen LogP contribution in [0, 0.1) is 0 Å². The van der Waals surface area contributed by atoms with Gasteiger partial charge in [-0.25, -0.2) is 8.42 Å². The second-order valence-electron chi connectivity index (χ2n) is 7.76. The Kier molecular flexibility index (Phi) is 7.66. The molecule has 0 aliphatic carbocycles. The molecule has 1 aliphatic rings. The fraction of sp³-hybridized carbons (Fsp3) is 0.391. The molecule has 1 atom stereocenters. The molecular formula is C23H27N3O5S3. The minimum atomic E-state index is -3.83. The molecule has 1 aromatic heterocycles. The fourth-order valence-electron chi connectivity index (χ4n) is 3.99. The predicted molar refractivity (Wildman–Crippen MR) is 135 cm³/mol. The lowest BCUT2D eigenvalue weighted by molar-refractivity contribution is -0.121. The van der Waals surface area contributed by atoms with Gasteiger partial charge in [0.2, 0.25) is 10.0 Å². The van der Waals surface area contributed by atoms with Gasteiger partial charge in [0.05, 0.1) is 29.3 Å². The van der Waals surface area contributed by atoms with Crippen LogP contribution in [0.3, 0.4) is 0 Å². The summed E-state index contributed by atoms with van der Waals surface area (Å²) in [7, 11) is -0.696. The lowest BCUT2D eigenvalue weighted by Gasteiger charge is -2.21. The van der Waals surface area contributed by atoms with E-state index in [1.165, 1.54) is 34.9 Å². The summed E-state index contributed by atoms with van der Waals surface area (Å²) in [5, 5.41) is 0. The second-order valence-corrected chi connectivity index (χ2v) is 11.6. The summed E-state index contributed by atoms with van der Waals surface area (Å²) in [6, 6.07) is 11.2. The van der Waals surface area contributed by atoms with Gasteiger partial charge < -0.3 is 14.0 Å². The van der Waals surface area contributed by atoms with Crippen molar-refractivity contribution in [1.29, 1.82) is 0 Å². The van der Waals surface area contributed by atoms with E-state index in [4.69, 9.17) is 9.47 Å². The highest BCUT2D eigenvalue weighted by Gasteiger charge is 2.39. The zero-order chi connectivity index (χ0) is 24.3. The Morgan fingerprint density at radius 3 is 2.53 bits per heavy atom. The molecule has 1 fully saturated rings. The Hall–Kier alpha value is -2.34. The third-order valence-corrected chi connectivity index (χ3v) is 9.32. The molecule has 0 spiro atoms. The van der Waals surface area contributed by atoms with Gasteiger partial charge in [-0.2, -0.15) is 21.1 Å². The normalized spacial score (nSPS) is 17.4. The Morgan fingerprint density at radius 1 is 1.15 bits per heavy atom. The maximum absolute atomic E-state index is 13.3. The molecule has 8 nitrogen and oxygen atoms in total. The van der Waals surface area contributed by atoms with Crippen LogP contribution < -0.4 is 14.3 Å². The number of carbonyl (C=O) groups excluding carboxylic acids is 1. The molecule has 2 heterocycles. The summed E-state index contributed by atoms with van der Waals surface area (Å²) in [6.07, 6.45) is 3.08. The van der Waals surface area contributed by atoms with Crippen molar-refractivity contribution < 1.29 is 22.7 Å². The van der Waals surface area contributed by atoms with Crippen molar-refractivity contribution in [2.45, 2.75) is 30.3 Å². The molecule has 182 valence electrons. The van der Waals surface area contributed by atoms with E-state index in [-0.39, 0.29) is 11.4 Å². The molecule has 1 saturated heterocycles. The van der Waals surface area contributed by atoms with E-state index in [9.17, 15) is 13.2 Å². The number of ether oxygens (including phenoxy) is 2. The number of thiazole rings is 1. The second kappa shape index (κ2) is 10.5. The zero-order valence-corrected chi connectivity index (χ0v) is 21.7. The SMILES string of the molecule is COc1ccc(S(=O)(=O)N2CCCC2C(=O)N=c2sc3cc(OC)ccc3n2CCSC)cc1. The molecule has 1 aliphatic heterocycles. The fourth-order valence-corrected chi connectivity index (χ4v) is 7.10. The van der Waals surface area contributed by atoms with Gasteiger partial charge in [0.1, 0.15) is 17.5 Å². The average molecular weight is 522 g/mol. The van der Waals surface area contributed by atoms with Crippen molar-refractivity contribution in [3.05, 3.63) is 47.3 Å². The van der Waals surface area contributed by atoms with Gasteiger partial charge in [0.25, 0.3) is 5.91 Å². The van der Waals surface area contributed by atoms with Crippen LogP contribution in [0.2, 0.25) is 0 Å². The zero-order valence-electron chi connectivity index (χ0n) is 19.3. The molecule has 2 aromatic carbocycles. The van der Waals surface area contributed by atoms with Crippen LogP contribution in [0.5, 0.6) is 11.5 Å². The molecule has 1 amide bonds. The van der Waals surface area contributed by atoms with Gasteiger partial charge in [-0.05, 0) is 61.6 Å². The Bertz CT molecular complexity index is 1350. The molecular weight excluding hydrogens is 494 g/mol. The minimum absolute atomic E-state index is 0.136. The van der Waals surface area contributed by atoms with E-state index < -0.39 is 22.0 Å². The molecule has 3 aromatic rings. The van der Waals surface area contributed by atoms with Gasteiger partial charge in [-0.15, -0.1) is 0 Å². The first kappa shape index (κ1) is 24.8. The molecule has 0 radical (unpaired) electrons. The van der Waals surface area contributed by atoms with Crippen molar-refractivity contribution >= 4 is 49.2 Å². The summed E-state index contributed by atoms with van der Waals surface area (Å²) < 4.78 is 41.3. The molecule has 4 rings (SSSR count). The highest BCUT2D eigenvalue weighted by atomic mass is 32.2. The predicted octanol–water partition coefficient (Wildman–Crippen LogP) is 3.36. The lowest BCUT2D eigenvalue weighted by atomic mass is 10.2. The average Bonchev–Trinajstić information content (AvgIpc) is 3.47. The first-order chi connectivity index (χ1) is 16.4. The summed E-state index contributed by atoms with van der Waals surface area (Å²) in [4.78, 5) is 18.4. The van der Waals surface area contributed by atoms with E-state index in [1.807, 2.05) is 29.0 Å². The van der Waals surface area contributed by atoms with Gasteiger partial charge in [-0.3, -0.25) is 4.79 Å². The number of thioether (sulfide) groups is 1. The third-order valence-electron chi connectivity index (χ3n) is 5.77. The van der Waals surface area contributed by atoms with Crippen LogP contribution in [0.25, 0.3) is 10.2 Å². The maximum Gasteiger partial charge on any atom is 0.266 e. The number of aromatic nitrogens is 1. The Balaban J connectivity index is 1.69. The summed E-state index contributed by atoms with van der Waals surface area (Å²) in [5.41, 5.74) is 0.973. The molecule has 11 heteroatoms. The number of amides is 1. The number of hydrogen-bond donors (Lipinski definition) is 0. The topological polar surface area (TPSA) is 90.2 Å². The first-order valence-electron chi connectivity index (χ1n) is 10.8. The minimum Gasteiger partial charge on any atom is -0.497 e. The van der Waals surface area contributed by atoms with Gasteiger partial charge in [0.15, 0.2) is 4.80 Å². The highest BCUT2D eigenvalue weighted by molar-refractivity contribution is 7.98. The number of nitrogens with zero attached hydrogens (tertiary/aromatic N) is 3. The van der Waals surface area contributed by atoms with E-state index in [1.54, 1.807) is 31.0 Å². The summed E-state index contributed by atoms with van der Waals surface area (Å²) >= 11 is 3.11. The van der Waals surface area contributed by atoms with E-state index >= 15 is 0 Å². The number of sulfonamides is 1. The highest BCUT2D eigenvalue weighted by Crippen LogP contribution is 2.28. The Morgan fingerprint density at radius 2 is 1.85 bits per heavy atom. The third kappa shape index (κ3) is 4.88. The summed E-state index contributed by atoms with van der Waals surface area (Å²) in [6.45, 7) is 0.981. The first-order valence-corrected chi connectivity index (χ1v) is 14.4. The largest absolute Gasteiger partial charge is 0.497 e. The van der Waals surface area contributed by atoms with Gasteiger partial charge >= 0.3 is 0 Å². The van der Waals surface area contributed by atoms with E-state index in [0.29, 0.717) is 29.9 Å². The molecule has 34 heavy (non-hydrogen) atoms. The van der Waals surface area contributed by atoms with Crippen LogP contribution in [0.15, 0.2) is 52.4 Å². The van der Waals surface area contributed by atoms with E-state index in [0.717, 1.165) is 21.7 Å². The van der Waals surface area contributed by atoms with Crippen LogP contribution in [0.4, 0.5) is 0 Å².